The number of benzene rings is 1. The van der Waals surface area contributed by atoms with Gasteiger partial charge in [-0.15, -0.1) is 0 Å². The second-order valence-corrected chi connectivity index (χ2v) is 8.56. The van der Waals surface area contributed by atoms with Gasteiger partial charge in [0.25, 0.3) is 0 Å². The lowest BCUT2D eigenvalue weighted by molar-refractivity contribution is -0.137. The second kappa shape index (κ2) is 8.57. The summed E-state index contributed by atoms with van der Waals surface area (Å²) in [6.45, 7) is 0.240. The highest BCUT2D eigenvalue weighted by molar-refractivity contribution is 7.89. The number of sulfonamides is 1. The third-order valence-corrected chi connectivity index (χ3v) is 6.64. The van der Waals surface area contributed by atoms with Crippen LogP contribution in [0.25, 0.3) is 0 Å². The Morgan fingerprint density at radius 2 is 1.74 bits per heavy atom. The first-order valence-corrected chi connectivity index (χ1v) is 10.0. The molecule has 1 aliphatic rings. The molecule has 0 saturated heterocycles. The lowest BCUT2D eigenvalue weighted by Crippen LogP contribution is -2.40. The van der Waals surface area contributed by atoms with Crippen LogP contribution in [0.1, 0.15) is 37.7 Å². The summed E-state index contributed by atoms with van der Waals surface area (Å²) in [5, 5.41) is 0. The van der Waals surface area contributed by atoms with Gasteiger partial charge in [0.15, 0.2) is 0 Å². The molecule has 27 heavy (non-hydrogen) atoms. The van der Waals surface area contributed by atoms with Crippen molar-refractivity contribution >= 4 is 15.9 Å². The summed E-state index contributed by atoms with van der Waals surface area (Å²) >= 11 is 0. The number of nitrogens with zero attached hydrogens (tertiary/aromatic N) is 1. The summed E-state index contributed by atoms with van der Waals surface area (Å²) in [4.78, 5) is 10.5. The fraction of sp³-hybridized carbons (Fsp3) is 0.588. The van der Waals surface area contributed by atoms with Gasteiger partial charge in [-0.2, -0.15) is 17.5 Å². The minimum Gasteiger partial charge on any atom is -0.378 e. The van der Waals surface area contributed by atoms with E-state index in [1.165, 1.54) is 11.4 Å². The standard InChI is InChI=1S/C17H23F3N2O4S/c1-22(13-4-6-14(7-5-13)26-11-10-16(21)23)27(24,25)15-8-2-12(3-9-15)17(18,19)20/h2-3,8-9,13-14H,4-7,10-11H2,1H3,(H2,21,23). The Kier molecular flexibility index (Phi) is 6.87. The zero-order valence-corrected chi connectivity index (χ0v) is 15.7. The minimum atomic E-state index is -4.51. The van der Waals surface area contributed by atoms with E-state index in [1.54, 1.807) is 0 Å². The van der Waals surface area contributed by atoms with Crippen molar-refractivity contribution in [2.45, 2.75) is 55.3 Å². The quantitative estimate of drug-likeness (QED) is 0.751. The monoisotopic (exact) mass is 408 g/mol. The summed E-state index contributed by atoms with van der Waals surface area (Å²) in [5.41, 5.74) is 4.16. The molecule has 1 aromatic carbocycles. The van der Waals surface area contributed by atoms with E-state index in [4.69, 9.17) is 10.5 Å². The highest BCUT2D eigenvalue weighted by atomic mass is 32.2. The van der Waals surface area contributed by atoms with E-state index in [0.29, 0.717) is 25.7 Å². The van der Waals surface area contributed by atoms with Crippen LogP contribution in [0.4, 0.5) is 13.2 Å². The van der Waals surface area contributed by atoms with Gasteiger partial charge in [-0.05, 0) is 49.9 Å². The molecule has 1 saturated carbocycles. The molecule has 0 atom stereocenters. The van der Waals surface area contributed by atoms with Gasteiger partial charge >= 0.3 is 6.18 Å². The number of amides is 1. The molecule has 1 aromatic rings. The molecule has 0 aromatic heterocycles. The predicted molar refractivity (Wildman–Crippen MR) is 92.2 cm³/mol. The third kappa shape index (κ3) is 5.66. The van der Waals surface area contributed by atoms with Gasteiger partial charge in [0, 0.05) is 19.5 Å². The molecule has 0 radical (unpaired) electrons. The van der Waals surface area contributed by atoms with Gasteiger partial charge in [-0.25, -0.2) is 8.42 Å². The summed E-state index contributed by atoms with van der Waals surface area (Å²) in [6.07, 6.45) is -2.02. The van der Waals surface area contributed by atoms with Crippen LogP contribution in [-0.4, -0.2) is 44.4 Å². The molecule has 2 rings (SSSR count). The Balaban J connectivity index is 1.96. The van der Waals surface area contributed by atoms with Crippen molar-refractivity contribution in [1.82, 2.24) is 4.31 Å². The number of carbonyl (C=O) groups is 1. The van der Waals surface area contributed by atoms with Gasteiger partial charge in [0.1, 0.15) is 0 Å². The first-order valence-electron chi connectivity index (χ1n) is 8.57. The molecule has 6 nitrogen and oxygen atoms in total. The molecular formula is C17H23F3N2O4S. The Morgan fingerprint density at radius 1 is 1.19 bits per heavy atom. The number of primary amides is 1. The van der Waals surface area contributed by atoms with E-state index in [-0.39, 0.29) is 30.1 Å². The van der Waals surface area contributed by atoms with Crippen molar-refractivity contribution < 1.29 is 31.1 Å². The van der Waals surface area contributed by atoms with Crippen LogP contribution in [-0.2, 0) is 25.7 Å². The molecule has 10 heteroatoms. The lowest BCUT2D eigenvalue weighted by Gasteiger charge is -2.34. The van der Waals surface area contributed by atoms with Gasteiger partial charge < -0.3 is 10.5 Å². The van der Waals surface area contributed by atoms with Crippen molar-refractivity contribution in [3.05, 3.63) is 29.8 Å². The molecule has 0 spiro atoms. The average molecular weight is 408 g/mol. The highest BCUT2D eigenvalue weighted by Crippen LogP contribution is 2.31. The van der Waals surface area contributed by atoms with E-state index in [2.05, 4.69) is 0 Å². The largest absolute Gasteiger partial charge is 0.416 e. The van der Waals surface area contributed by atoms with Crippen LogP contribution < -0.4 is 5.73 Å². The van der Waals surface area contributed by atoms with Crippen LogP contribution in [0.5, 0.6) is 0 Å². The number of ether oxygens (including phenoxy) is 1. The molecule has 0 unspecified atom stereocenters. The van der Waals surface area contributed by atoms with Crippen LogP contribution in [0.15, 0.2) is 29.2 Å². The summed E-state index contributed by atoms with van der Waals surface area (Å²) in [6, 6.07) is 3.24. The van der Waals surface area contributed by atoms with Crippen molar-refractivity contribution in [2.75, 3.05) is 13.7 Å². The number of nitrogens with two attached hydrogens (primary N) is 1. The molecule has 152 valence electrons. The van der Waals surface area contributed by atoms with E-state index < -0.39 is 27.7 Å². The Morgan fingerprint density at radius 3 is 2.22 bits per heavy atom. The predicted octanol–water partition coefficient (Wildman–Crippen LogP) is 2.53. The van der Waals surface area contributed by atoms with Gasteiger partial charge in [0.05, 0.1) is 23.2 Å². The molecule has 1 aliphatic carbocycles. The summed E-state index contributed by atoms with van der Waals surface area (Å²) in [7, 11) is -2.45. The molecule has 0 bridgehead atoms. The SMILES string of the molecule is CN(C1CCC(OCCC(N)=O)CC1)S(=O)(=O)c1ccc(C(F)(F)F)cc1. The molecule has 2 N–H and O–H groups in total. The van der Waals surface area contributed by atoms with E-state index >= 15 is 0 Å². The zero-order valence-electron chi connectivity index (χ0n) is 14.9. The smallest absolute Gasteiger partial charge is 0.378 e. The van der Waals surface area contributed by atoms with Crippen molar-refractivity contribution in [2.24, 2.45) is 5.73 Å². The molecule has 0 heterocycles. The summed E-state index contributed by atoms with van der Waals surface area (Å²) < 4.78 is 70.1. The maximum atomic E-state index is 12.7. The average Bonchev–Trinajstić information content (AvgIpc) is 2.61. The van der Waals surface area contributed by atoms with E-state index in [0.717, 1.165) is 24.3 Å². The van der Waals surface area contributed by atoms with Crippen LogP contribution in [0, 0.1) is 0 Å². The third-order valence-electron chi connectivity index (χ3n) is 4.72. The van der Waals surface area contributed by atoms with Gasteiger partial charge in [0.2, 0.25) is 15.9 Å². The van der Waals surface area contributed by atoms with Gasteiger partial charge in [-0.3, -0.25) is 4.79 Å². The van der Waals surface area contributed by atoms with Crippen molar-refractivity contribution in [1.29, 1.82) is 0 Å². The van der Waals surface area contributed by atoms with E-state index in [1.807, 2.05) is 0 Å². The minimum absolute atomic E-state index is 0.0530. The van der Waals surface area contributed by atoms with Crippen LogP contribution in [0.3, 0.4) is 0 Å². The molecule has 1 amide bonds. The number of rotatable bonds is 7. The van der Waals surface area contributed by atoms with Crippen LogP contribution >= 0.6 is 0 Å². The lowest BCUT2D eigenvalue weighted by atomic mass is 9.93. The first-order chi connectivity index (χ1) is 12.5. The first kappa shape index (κ1) is 21.6. The number of halogens is 3. The fourth-order valence-corrected chi connectivity index (χ4v) is 4.50. The topological polar surface area (TPSA) is 89.7 Å². The maximum Gasteiger partial charge on any atom is 0.416 e. The Labute approximate surface area is 156 Å². The normalized spacial score (nSPS) is 21.4. The number of alkyl halides is 3. The molecular weight excluding hydrogens is 385 g/mol. The Hall–Kier alpha value is -1.65. The van der Waals surface area contributed by atoms with E-state index in [9.17, 15) is 26.4 Å². The van der Waals surface area contributed by atoms with Crippen molar-refractivity contribution in [3.63, 3.8) is 0 Å². The molecule has 0 aliphatic heterocycles. The van der Waals surface area contributed by atoms with Gasteiger partial charge in [-0.1, -0.05) is 0 Å². The molecule has 1 fully saturated rings. The number of hydrogen-bond acceptors (Lipinski definition) is 4. The maximum absolute atomic E-state index is 12.7. The fourth-order valence-electron chi connectivity index (χ4n) is 3.08. The van der Waals surface area contributed by atoms with Crippen molar-refractivity contribution in [3.8, 4) is 0 Å². The number of carbonyl (C=O) groups excluding carboxylic acids is 1. The second-order valence-electron chi connectivity index (χ2n) is 6.56. The van der Waals surface area contributed by atoms with Crippen LogP contribution in [0.2, 0.25) is 0 Å². The Bertz CT molecular complexity index is 742. The zero-order chi connectivity index (χ0) is 20.2. The summed E-state index contributed by atoms with van der Waals surface area (Å²) in [5.74, 6) is -0.439. The highest BCUT2D eigenvalue weighted by Gasteiger charge is 2.34. The number of hydrogen-bond donors (Lipinski definition) is 1.